The molecule has 0 aromatic rings. The van der Waals surface area contributed by atoms with Crippen LogP contribution in [0.1, 0.15) is 6.92 Å². The average molecular weight is 160 g/mol. The van der Waals surface area contributed by atoms with Crippen molar-refractivity contribution in [3.05, 3.63) is 0 Å². The molecular weight excluding hydrogens is 152 g/mol. The first-order valence-electron chi connectivity index (χ1n) is 1.46. The van der Waals surface area contributed by atoms with Crippen molar-refractivity contribution in [3.63, 3.8) is 0 Å². The molecule has 0 amide bonds. The van der Waals surface area contributed by atoms with Crippen LogP contribution in [0, 0.1) is 0 Å². The Bertz CT molecular complexity index is 69.1. The largest absolute Gasteiger partial charge is 0.481 e. The van der Waals surface area contributed by atoms with Gasteiger partial charge in [-0.2, -0.15) is 4.21 Å². The van der Waals surface area contributed by atoms with E-state index in [-0.39, 0.29) is 5.48 Å². The highest BCUT2D eigenvalue weighted by Crippen LogP contribution is 1.44. The van der Waals surface area contributed by atoms with Gasteiger partial charge in [-0.3, -0.25) is 13.9 Å². The van der Waals surface area contributed by atoms with Crippen molar-refractivity contribution in [2.24, 2.45) is 0 Å². The quantitative estimate of drug-likeness (QED) is 0.389. The van der Waals surface area contributed by atoms with E-state index in [0.29, 0.717) is 0 Å². The summed E-state index contributed by atoms with van der Waals surface area (Å²) in [5.74, 6) is -0.833. The summed E-state index contributed by atoms with van der Waals surface area (Å²) in [6, 6.07) is 0. The van der Waals surface area contributed by atoms with Gasteiger partial charge in [-0.25, -0.2) is 0 Å². The highest BCUT2D eigenvalue weighted by molar-refractivity contribution is 7.73. The van der Waals surface area contributed by atoms with Gasteiger partial charge in [-0.05, 0) is 0 Å². The summed E-state index contributed by atoms with van der Waals surface area (Å²) < 4.78 is 22.8. The number of carboxylic acids is 1. The van der Waals surface area contributed by atoms with E-state index in [0.717, 1.165) is 6.92 Å². The summed E-state index contributed by atoms with van der Waals surface area (Å²) in [7, 11) is 0. The second-order valence-corrected chi connectivity index (χ2v) is 1.21. The van der Waals surface area contributed by atoms with Gasteiger partial charge in [0.1, 0.15) is 0 Å². The Hall–Kier alpha value is -0.500. The van der Waals surface area contributed by atoms with Crippen LogP contribution in [-0.2, 0) is 16.2 Å². The van der Waals surface area contributed by atoms with Gasteiger partial charge < -0.3 is 10.6 Å². The second kappa shape index (κ2) is 10.5. The van der Waals surface area contributed by atoms with Gasteiger partial charge in [-0.1, -0.05) is 0 Å². The van der Waals surface area contributed by atoms with E-state index < -0.39 is 17.3 Å². The molecular formula is C2H8O6S. The van der Waals surface area contributed by atoms with Crippen LogP contribution >= 0.6 is 0 Å². The fourth-order valence-electron chi connectivity index (χ4n) is 0. The van der Waals surface area contributed by atoms with E-state index in [2.05, 4.69) is 0 Å². The smallest absolute Gasteiger partial charge is 0.300 e. The molecule has 0 radical (unpaired) electrons. The van der Waals surface area contributed by atoms with Crippen molar-refractivity contribution < 1.29 is 28.7 Å². The number of carbonyl (C=O) groups is 1. The van der Waals surface area contributed by atoms with Gasteiger partial charge in [0.2, 0.25) is 0 Å². The first-order chi connectivity index (χ1) is 3.46. The third kappa shape index (κ3) is 908. The predicted octanol–water partition coefficient (Wildman–Crippen LogP) is -1.05. The van der Waals surface area contributed by atoms with Crippen LogP contribution in [0.3, 0.4) is 0 Å². The Morgan fingerprint density at radius 2 is 1.44 bits per heavy atom. The number of hydrogen-bond donors (Lipinski definition) is 3. The maximum absolute atomic E-state index is 9.00. The van der Waals surface area contributed by atoms with Crippen LogP contribution in [0.2, 0.25) is 0 Å². The minimum absolute atomic E-state index is 0. The van der Waals surface area contributed by atoms with Crippen LogP contribution in [0.4, 0.5) is 0 Å². The highest BCUT2D eigenvalue weighted by atomic mass is 32.2. The highest BCUT2D eigenvalue weighted by Gasteiger charge is 1.65. The Labute approximate surface area is 53.9 Å². The Morgan fingerprint density at radius 1 is 1.44 bits per heavy atom. The minimum atomic E-state index is -2.61. The normalized spacial score (nSPS) is 6.67. The maximum atomic E-state index is 9.00. The molecule has 7 heteroatoms. The molecule has 5 N–H and O–H groups in total. The van der Waals surface area contributed by atoms with Crippen LogP contribution in [0.25, 0.3) is 0 Å². The lowest BCUT2D eigenvalue weighted by Crippen LogP contribution is -1.78. The van der Waals surface area contributed by atoms with Crippen molar-refractivity contribution in [1.29, 1.82) is 0 Å². The summed E-state index contributed by atoms with van der Waals surface area (Å²) in [6.07, 6.45) is 0. The van der Waals surface area contributed by atoms with E-state index in [1.54, 1.807) is 0 Å². The van der Waals surface area contributed by atoms with Crippen LogP contribution in [0.5, 0.6) is 0 Å². The van der Waals surface area contributed by atoms with Crippen molar-refractivity contribution in [2.75, 3.05) is 0 Å². The molecule has 0 aromatic heterocycles. The molecule has 0 aromatic carbocycles. The Morgan fingerprint density at radius 3 is 1.44 bits per heavy atom. The molecule has 0 rings (SSSR count). The lowest BCUT2D eigenvalue weighted by atomic mass is 10.9. The van der Waals surface area contributed by atoms with E-state index in [1.807, 2.05) is 0 Å². The SMILES string of the molecule is CC(=O)O.O.O=S(O)O. The number of hydrogen-bond acceptors (Lipinski definition) is 2. The average Bonchev–Trinajstić information content (AvgIpc) is 1.25. The summed E-state index contributed by atoms with van der Waals surface area (Å²) in [5, 5.41) is 7.42. The zero-order valence-electron chi connectivity index (χ0n) is 4.57. The molecule has 0 atom stereocenters. The third-order valence-corrected chi connectivity index (χ3v) is 0. The Kier molecular flexibility index (Phi) is 18.4. The summed E-state index contributed by atoms with van der Waals surface area (Å²) in [4.78, 5) is 9.00. The molecule has 0 aliphatic carbocycles. The van der Waals surface area contributed by atoms with Crippen molar-refractivity contribution in [2.45, 2.75) is 6.92 Å². The van der Waals surface area contributed by atoms with Crippen molar-refractivity contribution in [3.8, 4) is 0 Å². The summed E-state index contributed by atoms with van der Waals surface area (Å²) in [6.45, 7) is 1.08. The molecule has 0 aliphatic rings. The minimum Gasteiger partial charge on any atom is -0.481 e. The molecule has 0 spiro atoms. The lowest BCUT2D eigenvalue weighted by Gasteiger charge is -1.59. The monoisotopic (exact) mass is 160 g/mol. The fraction of sp³-hybridized carbons (Fsp3) is 0.500. The van der Waals surface area contributed by atoms with Gasteiger partial charge in [0.05, 0.1) is 0 Å². The second-order valence-electron chi connectivity index (χ2n) is 0.750. The number of rotatable bonds is 0. The van der Waals surface area contributed by atoms with Gasteiger partial charge in [0.15, 0.2) is 0 Å². The topological polar surface area (TPSA) is 126 Å². The summed E-state index contributed by atoms with van der Waals surface area (Å²) >= 11 is -2.61. The standard InChI is InChI=1S/C2H4O2.H2O3S.H2O/c1-2(3)4;1-4(2)3;/h1H3,(H,3,4);(H2,1,2,3);1H2. The van der Waals surface area contributed by atoms with Gasteiger partial charge >= 0.3 is 0 Å². The molecule has 0 bridgehead atoms. The predicted molar refractivity (Wildman–Crippen MR) is 30.3 cm³/mol. The zero-order valence-corrected chi connectivity index (χ0v) is 5.38. The van der Waals surface area contributed by atoms with Gasteiger partial charge in [0.25, 0.3) is 17.3 Å². The van der Waals surface area contributed by atoms with Gasteiger partial charge in [-0.15, -0.1) is 0 Å². The first-order valence-corrected chi connectivity index (χ1v) is 2.52. The molecule has 58 valence electrons. The van der Waals surface area contributed by atoms with Crippen LogP contribution in [-0.4, -0.2) is 29.9 Å². The fourth-order valence-corrected chi connectivity index (χ4v) is 0. The zero-order chi connectivity index (χ0) is 7.15. The lowest BCUT2D eigenvalue weighted by molar-refractivity contribution is -0.134. The number of aliphatic carboxylic acids is 1. The molecule has 0 fully saturated rings. The molecule has 9 heavy (non-hydrogen) atoms. The van der Waals surface area contributed by atoms with Crippen molar-refractivity contribution >= 4 is 17.3 Å². The molecule has 0 heterocycles. The Balaban J connectivity index is -0.0000000720. The van der Waals surface area contributed by atoms with E-state index in [1.165, 1.54) is 0 Å². The first kappa shape index (κ1) is 15.8. The third-order valence-electron chi connectivity index (χ3n) is 0. The molecule has 6 nitrogen and oxygen atoms in total. The number of carboxylic acid groups (broad SMARTS) is 1. The molecule has 0 saturated carbocycles. The van der Waals surface area contributed by atoms with Crippen LogP contribution < -0.4 is 0 Å². The molecule has 0 aliphatic heterocycles. The van der Waals surface area contributed by atoms with E-state index in [9.17, 15) is 0 Å². The maximum Gasteiger partial charge on any atom is 0.300 e. The van der Waals surface area contributed by atoms with Gasteiger partial charge in [0, 0.05) is 6.92 Å². The van der Waals surface area contributed by atoms with E-state index >= 15 is 0 Å². The summed E-state index contributed by atoms with van der Waals surface area (Å²) in [5.41, 5.74) is 0. The molecule has 0 unspecified atom stereocenters. The van der Waals surface area contributed by atoms with Crippen molar-refractivity contribution in [1.82, 2.24) is 0 Å². The van der Waals surface area contributed by atoms with E-state index in [4.69, 9.17) is 23.2 Å². The van der Waals surface area contributed by atoms with Crippen LogP contribution in [0.15, 0.2) is 0 Å². The molecule has 0 saturated heterocycles.